The fourth-order valence-electron chi connectivity index (χ4n) is 1.96. The molecule has 0 spiro atoms. The molecule has 2 rings (SSSR count). The van der Waals surface area contributed by atoms with E-state index in [4.69, 9.17) is 5.73 Å². The van der Waals surface area contributed by atoms with Crippen molar-refractivity contribution < 1.29 is 0 Å². The number of aryl methyl sites for hydroxylation is 1. The Labute approximate surface area is 100 Å². The van der Waals surface area contributed by atoms with Gasteiger partial charge in [0.15, 0.2) is 0 Å². The Morgan fingerprint density at radius 1 is 1.50 bits per heavy atom. The Morgan fingerprint density at radius 3 is 2.75 bits per heavy atom. The minimum atomic E-state index is 0.410. The summed E-state index contributed by atoms with van der Waals surface area (Å²) in [7, 11) is 0. The molecule has 0 radical (unpaired) electrons. The van der Waals surface area contributed by atoms with Crippen LogP contribution in [0.1, 0.15) is 25.1 Å². The first kappa shape index (κ1) is 11.5. The Hall–Kier alpha value is -0.970. The van der Waals surface area contributed by atoms with E-state index in [0.29, 0.717) is 16.4 Å². The van der Waals surface area contributed by atoms with Gasteiger partial charge in [0.05, 0.1) is 0 Å². The lowest BCUT2D eigenvalue weighted by Crippen LogP contribution is -2.40. The smallest absolute Gasteiger partial charge is 0.131 e. The van der Waals surface area contributed by atoms with E-state index in [1.165, 1.54) is 19.3 Å². The number of anilines is 2. The average molecular weight is 238 g/mol. The summed E-state index contributed by atoms with van der Waals surface area (Å²) in [6.45, 7) is 2.82. The van der Waals surface area contributed by atoms with Crippen LogP contribution >= 0.6 is 11.8 Å². The standard InChI is InChI=1S/C11H18N4S/c1-8-14-9(12)6-10(15-8)13-7-11(16-2)4-3-5-11/h6H,3-5,7H2,1-2H3,(H3,12,13,14,15). The minimum Gasteiger partial charge on any atom is -0.384 e. The van der Waals surface area contributed by atoms with Gasteiger partial charge in [-0.15, -0.1) is 0 Å². The van der Waals surface area contributed by atoms with E-state index in [2.05, 4.69) is 21.5 Å². The maximum Gasteiger partial charge on any atom is 0.131 e. The van der Waals surface area contributed by atoms with Crippen LogP contribution in [0.25, 0.3) is 0 Å². The zero-order chi connectivity index (χ0) is 11.6. The predicted molar refractivity (Wildman–Crippen MR) is 69.8 cm³/mol. The third kappa shape index (κ3) is 2.40. The molecule has 0 aromatic carbocycles. The second-order valence-corrected chi connectivity index (χ2v) is 5.59. The molecule has 3 N–H and O–H groups in total. The zero-order valence-electron chi connectivity index (χ0n) is 9.79. The van der Waals surface area contributed by atoms with E-state index < -0.39 is 0 Å². The number of nitrogens with zero attached hydrogens (tertiary/aromatic N) is 2. The fraction of sp³-hybridized carbons (Fsp3) is 0.636. The first-order valence-corrected chi connectivity index (χ1v) is 6.76. The monoisotopic (exact) mass is 238 g/mol. The molecule has 16 heavy (non-hydrogen) atoms. The molecule has 4 nitrogen and oxygen atoms in total. The quantitative estimate of drug-likeness (QED) is 0.840. The highest BCUT2D eigenvalue weighted by atomic mass is 32.2. The van der Waals surface area contributed by atoms with Gasteiger partial charge in [0.1, 0.15) is 17.5 Å². The zero-order valence-corrected chi connectivity index (χ0v) is 10.6. The average Bonchev–Trinajstić information content (AvgIpc) is 2.15. The molecule has 1 aromatic rings. The maximum absolute atomic E-state index is 5.68. The Bertz CT molecular complexity index is 350. The molecule has 0 atom stereocenters. The van der Waals surface area contributed by atoms with E-state index in [9.17, 15) is 0 Å². The summed E-state index contributed by atoms with van der Waals surface area (Å²) in [6.07, 6.45) is 6.11. The summed E-state index contributed by atoms with van der Waals surface area (Å²) in [6, 6.07) is 1.79. The Balaban J connectivity index is 1.98. The van der Waals surface area contributed by atoms with Crippen LogP contribution in [0.4, 0.5) is 11.6 Å². The summed E-state index contributed by atoms with van der Waals surface area (Å²) >= 11 is 1.95. The van der Waals surface area contributed by atoms with Crippen LogP contribution in [-0.2, 0) is 0 Å². The molecule has 1 heterocycles. The maximum atomic E-state index is 5.68. The number of nitrogen functional groups attached to an aromatic ring is 1. The molecule has 0 unspecified atom stereocenters. The van der Waals surface area contributed by atoms with Gasteiger partial charge in [-0.2, -0.15) is 11.8 Å². The molecule has 1 fully saturated rings. The molecule has 0 saturated heterocycles. The number of hydrogen-bond donors (Lipinski definition) is 2. The lowest BCUT2D eigenvalue weighted by atomic mass is 9.84. The van der Waals surface area contributed by atoms with Crippen LogP contribution < -0.4 is 11.1 Å². The van der Waals surface area contributed by atoms with Crippen LogP contribution in [0.2, 0.25) is 0 Å². The van der Waals surface area contributed by atoms with Crippen molar-refractivity contribution in [1.29, 1.82) is 0 Å². The molecule has 5 heteroatoms. The minimum absolute atomic E-state index is 0.410. The van der Waals surface area contributed by atoms with Crippen molar-refractivity contribution in [3.05, 3.63) is 11.9 Å². The second-order valence-electron chi connectivity index (χ2n) is 4.32. The lowest BCUT2D eigenvalue weighted by molar-refractivity contribution is 0.379. The second kappa shape index (κ2) is 4.49. The number of rotatable bonds is 4. The lowest BCUT2D eigenvalue weighted by Gasteiger charge is -2.40. The molecule has 0 aliphatic heterocycles. The van der Waals surface area contributed by atoms with Crippen molar-refractivity contribution in [3.63, 3.8) is 0 Å². The summed E-state index contributed by atoms with van der Waals surface area (Å²) in [5.74, 6) is 2.08. The van der Waals surface area contributed by atoms with Gasteiger partial charge < -0.3 is 11.1 Å². The van der Waals surface area contributed by atoms with Crippen LogP contribution in [0.5, 0.6) is 0 Å². The molecule has 0 bridgehead atoms. The first-order chi connectivity index (χ1) is 7.63. The van der Waals surface area contributed by atoms with E-state index in [1.807, 2.05) is 18.7 Å². The van der Waals surface area contributed by atoms with Gasteiger partial charge in [0, 0.05) is 17.4 Å². The van der Waals surface area contributed by atoms with Gasteiger partial charge in [-0.25, -0.2) is 9.97 Å². The third-order valence-electron chi connectivity index (χ3n) is 3.15. The van der Waals surface area contributed by atoms with Gasteiger partial charge in [-0.3, -0.25) is 0 Å². The summed E-state index contributed by atoms with van der Waals surface area (Å²) in [5.41, 5.74) is 5.68. The topological polar surface area (TPSA) is 63.8 Å². The van der Waals surface area contributed by atoms with Crippen molar-refractivity contribution in [2.45, 2.75) is 30.9 Å². The molecule has 1 saturated carbocycles. The largest absolute Gasteiger partial charge is 0.384 e. The SMILES string of the molecule is CSC1(CNc2cc(N)nc(C)n2)CCC1. The molecule has 1 aliphatic carbocycles. The van der Waals surface area contributed by atoms with E-state index in [-0.39, 0.29) is 0 Å². The van der Waals surface area contributed by atoms with Crippen LogP contribution in [0, 0.1) is 6.92 Å². The van der Waals surface area contributed by atoms with E-state index in [1.54, 1.807) is 6.07 Å². The van der Waals surface area contributed by atoms with Crippen LogP contribution in [-0.4, -0.2) is 27.5 Å². The Morgan fingerprint density at radius 2 is 2.25 bits per heavy atom. The number of nitrogens with one attached hydrogen (secondary N) is 1. The van der Waals surface area contributed by atoms with E-state index >= 15 is 0 Å². The van der Waals surface area contributed by atoms with Gasteiger partial charge >= 0.3 is 0 Å². The molecular formula is C11H18N4S. The van der Waals surface area contributed by atoms with Crippen LogP contribution in [0.15, 0.2) is 6.07 Å². The summed E-state index contributed by atoms with van der Waals surface area (Å²) in [4.78, 5) is 8.37. The summed E-state index contributed by atoms with van der Waals surface area (Å²) in [5, 5.41) is 3.37. The highest BCUT2D eigenvalue weighted by molar-refractivity contribution is 8.00. The van der Waals surface area contributed by atoms with Crippen molar-refractivity contribution in [3.8, 4) is 0 Å². The number of thioether (sulfide) groups is 1. The highest BCUT2D eigenvalue weighted by Gasteiger charge is 2.35. The molecule has 1 aliphatic rings. The molecule has 88 valence electrons. The van der Waals surface area contributed by atoms with Crippen LogP contribution in [0.3, 0.4) is 0 Å². The van der Waals surface area contributed by atoms with Crippen molar-refractivity contribution >= 4 is 23.4 Å². The van der Waals surface area contributed by atoms with Gasteiger partial charge in [-0.05, 0) is 26.0 Å². The van der Waals surface area contributed by atoms with Gasteiger partial charge in [0.25, 0.3) is 0 Å². The van der Waals surface area contributed by atoms with Gasteiger partial charge in [-0.1, -0.05) is 6.42 Å². The normalized spacial score (nSPS) is 17.9. The number of nitrogens with two attached hydrogens (primary N) is 1. The Kier molecular flexibility index (Phi) is 3.23. The third-order valence-corrected chi connectivity index (χ3v) is 4.57. The molecule has 1 aromatic heterocycles. The molecule has 0 amide bonds. The van der Waals surface area contributed by atoms with Crippen molar-refractivity contribution in [2.24, 2.45) is 0 Å². The van der Waals surface area contributed by atoms with Gasteiger partial charge in [0.2, 0.25) is 0 Å². The highest BCUT2D eigenvalue weighted by Crippen LogP contribution is 2.42. The van der Waals surface area contributed by atoms with Crippen molar-refractivity contribution in [1.82, 2.24) is 9.97 Å². The van der Waals surface area contributed by atoms with E-state index in [0.717, 1.165) is 12.4 Å². The first-order valence-electron chi connectivity index (χ1n) is 5.54. The fourth-order valence-corrected chi connectivity index (χ4v) is 2.87. The number of aromatic nitrogens is 2. The molecular weight excluding hydrogens is 220 g/mol. The summed E-state index contributed by atoms with van der Waals surface area (Å²) < 4.78 is 0.410. The predicted octanol–water partition coefficient (Wildman–Crippen LogP) is 2.06. The van der Waals surface area contributed by atoms with Crippen molar-refractivity contribution in [2.75, 3.05) is 23.9 Å². The number of hydrogen-bond acceptors (Lipinski definition) is 5.